The minimum atomic E-state index is 0. The standard InChI is InChI=1S/C6H9.C5H5.2CO.Mo/c1-2-4-6-5-3-1;1-2-4-5-3-1;2*1-2;/h1-3H,4-6H2;1-5H;;;/q;;;;+2. The van der Waals surface area contributed by atoms with E-state index in [1.807, 2.05) is 32.1 Å². The SMILES string of the molecule is [C-]#[O+].[C-]#[O+].[CH]1[CH]CCC[CH]1.[CH]1[CH][CH][CH][CH]1.[Mo+2]. The van der Waals surface area contributed by atoms with Gasteiger partial charge in [-0.3, -0.25) is 0 Å². The summed E-state index contributed by atoms with van der Waals surface area (Å²) in [5, 5.41) is 0. The first-order valence-electron chi connectivity index (χ1n) is 4.56. The molecule has 0 spiro atoms. The average molecular weight is 298 g/mol. The zero-order valence-electron chi connectivity index (χ0n) is 8.96. The topological polar surface area (TPSA) is 39.8 Å². The van der Waals surface area contributed by atoms with E-state index in [9.17, 15) is 0 Å². The zero-order chi connectivity index (χ0) is 11.8. The van der Waals surface area contributed by atoms with Crippen LogP contribution in [0.25, 0.3) is 0 Å². The Bertz CT molecular complexity index is 110. The fraction of sp³-hybridized carbons (Fsp3) is 0.231. The molecule has 2 rings (SSSR count). The minimum Gasteiger partial charge on any atom is -0.0527 e. The molecule has 2 saturated carbocycles. The molecule has 0 unspecified atom stereocenters. The summed E-state index contributed by atoms with van der Waals surface area (Å²) < 4.78 is 15.0. The molecule has 2 aliphatic rings. The Morgan fingerprint density at radius 2 is 0.938 bits per heavy atom. The Kier molecular flexibility index (Phi) is 32.7. The van der Waals surface area contributed by atoms with E-state index in [0.29, 0.717) is 0 Å². The van der Waals surface area contributed by atoms with E-state index in [0.717, 1.165) is 0 Å². The summed E-state index contributed by atoms with van der Waals surface area (Å²) in [5.74, 6) is 0. The van der Waals surface area contributed by atoms with Crippen molar-refractivity contribution in [2.24, 2.45) is 0 Å². The van der Waals surface area contributed by atoms with Crippen LogP contribution in [0, 0.1) is 64.7 Å². The van der Waals surface area contributed by atoms with Gasteiger partial charge < -0.3 is 0 Å². The van der Waals surface area contributed by atoms with Gasteiger partial charge in [-0.2, -0.15) is 0 Å². The van der Waals surface area contributed by atoms with Crippen LogP contribution < -0.4 is 0 Å². The zero-order valence-corrected chi connectivity index (χ0v) is 11.0. The predicted molar refractivity (Wildman–Crippen MR) is 56.1 cm³/mol. The molecule has 0 aromatic rings. The Balaban J connectivity index is -0.000000156. The molecular formula is C13H14MoO2+2. The Morgan fingerprint density at radius 1 is 0.625 bits per heavy atom. The summed E-state index contributed by atoms with van der Waals surface area (Å²) in [7, 11) is 0. The molecule has 0 aliphatic heterocycles. The molecule has 82 valence electrons. The largest absolute Gasteiger partial charge is 2.00 e. The van der Waals surface area contributed by atoms with Gasteiger partial charge in [0.1, 0.15) is 0 Å². The van der Waals surface area contributed by atoms with E-state index in [2.05, 4.69) is 32.6 Å². The Labute approximate surface area is 114 Å². The molecule has 0 bridgehead atoms. The van der Waals surface area contributed by atoms with Crippen LogP contribution >= 0.6 is 0 Å². The van der Waals surface area contributed by atoms with E-state index in [4.69, 9.17) is 9.30 Å². The average Bonchev–Trinajstić information content (AvgIpc) is 2.95. The number of rotatable bonds is 0. The maximum atomic E-state index is 7.50. The summed E-state index contributed by atoms with van der Waals surface area (Å²) in [6, 6.07) is 0. The third-order valence-corrected chi connectivity index (χ3v) is 1.57. The molecule has 0 N–H and O–H groups in total. The molecule has 0 heterocycles. The van der Waals surface area contributed by atoms with Gasteiger partial charge in [-0.25, -0.2) is 0 Å². The van der Waals surface area contributed by atoms with E-state index >= 15 is 0 Å². The van der Waals surface area contributed by atoms with Crippen LogP contribution in [0.15, 0.2) is 0 Å². The van der Waals surface area contributed by atoms with E-state index in [1.54, 1.807) is 0 Å². The van der Waals surface area contributed by atoms with E-state index in [-0.39, 0.29) is 21.1 Å². The molecule has 0 saturated heterocycles. The molecule has 0 amide bonds. The first-order valence-corrected chi connectivity index (χ1v) is 4.56. The normalized spacial score (nSPS) is 16.8. The van der Waals surface area contributed by atoms with Gasteiger partial charge in [0.15, 0.2) is 0 Å². The van der Waals surface area contributed by atoms with Crippen LogP contribution in [-0.4, -0.2) is 0 Å². The summed E-state index contributed by atoms with van der Waals surface area (Å²) >= 11 is 0. The molecule has 16 heavy (non-hydrogen) atoms. The van der Waals surface area contributed by atoms with Crippen LogP contribution in [-0.2, 0) is 30.4 Å². The molecular weight excluding hydrogens is 284 g/mol. The van der Waals surface area contributed by atoms with Crippen LogP contribution in [0.4, 0.5) is 0 Å². The van der Waals surface area contributed by atoms with Crippen molar-refractivity contribution in [3.05, 3.63) is 64.7 Å². The minimum absolute atomic E-state index is 0. The van der Waals surface area contributed by atoms with Crippen LogP contribution in [0.5, 0.6) is 0 Å². The molecule has 2 nitrogen and oxygen atoms in total. The van der Waals surface area contributed by atoms with Crippen LogP contribution in [0.2, 0.25) is 0 Å². The van der Waals surface area contributed by atoms with Crippen molar-refractivity contribution in [2.45, 2.75) is 19.3 Å². The van der Waals surface area contributed by atoms with Gasteiger partial charge >= 0.3 is 43.7 Å². The third kappa shape index (κ3) is 19.7. The molecule has 0 aromatic carbocycles. The summed E-state index contributed by atoms with van der Waals surface area (Å²) in [6.07, 6.45) is 20.5. The van der Waals surface area contributed by atoms with Crippen molar-refractivity contribution < 1.29 is 30.4 Å². The van der Waals surface area contributed by atoms with Crippen LogP contribution in [0.1, 0.15) is 19.3 Å². The van der Waals surface area contributed by atoms with Crippen molar-refractivity contribution in [1.82, 2.24) is 0 Å². The van der Waals surface area contributed by atoms with Crippen molar-refractivity contribution in [2.75, 3.05) is 0 Å². The van der Waals surface area contributed by atoms with Gasteiger partial charge in [0.2, 0.25) is 0 Å². The van der Waals surface area contributed by atoms with Crippen molar-refractivity contribution in [3.63, 3.8) is 0 Å². The summed E-state index contributed by atoms with van der Waals surface area (Å²) in [6.45, 7) is 9.00. The van der Waals surface area contributed by atoms with Gasteiger partial charge in [0.25, 0.3) is 0 Å². The monoisotopic (exact) mass is 300 g/mol. The second-order valence-corrected chi connectivity index (χ2v) is 2.56. The summed E-state index contributed by atoms with van der Waals surface area (Å²) in [5.41, 5.74) is 0. The summed E-state index contributed by atoms with van der Waals surface area (Å²) in [4.78, 5) is 0. The molecule has 0 atom stereocenters. The van der Waals surface area contributed by atoms with Gasteiger partial charge in [0.05, 0.1) is 0 Å². The molecule has 0 aromatic heterocycles. The van der Waals surface area contributed by atoms with Crippen molar-refractivity contribution in [3.8, 4) is 0 Å². The van der Waals surface area contributed by atoms with Crippen molar-refractivity contribution in [1.29, 1.82) is 0 Å². The predicted octanol–water partition coefficient (Wildman–Crippen LogP) is 2.73. The smallest absolute Gasteiger partial charge is 0.0527 e. The molecule has 2 fully saturated rings. The Morgan fingerprint density at radius 3 is 1.06 bits per heavy atom. The third-order valence-electron chi connectivity index (χ3n) is 1.57. The maximum Gasteiger partial charge on any atom is 2.00 e. The molecule has 2 aliphatic carbocycles. The second kappa shape index (κ2) is 24.4. The van der Waals surface area contributed by atoms with Gasteiger partial charge in [-0.15, -0.1) is 0 Å². The molecule has 3 heteroatoms. The van der Waals surface area contributed by atoms with Crippen LogP contribution in [0.3, 0.4) is 0 Å². The number of hydrogen-bond acceptors (Lipinski definition) is 0. The van der Waals surface area contributed by atoms with E-state index in [1.165, 1.54) is 19.3 Å². The fourth-order valence-corrected chi connectivity index (χ4v) is 0.963. The maximum absolute atomic E-state index is 7.50. The molecule has 8 radical (unpaired) electrons. The van der Waals surface area contributed by atoms with Crippen molar-refractivity contribution >= 4 is 0 Å². The second-order valence-electron chi connectivity index (χ2n) is 2.56. The first kappa shape index (κ1) is 21.5. The van der Waals surface area contributed by atoms with E-state index < -0.39 is 0 Å². The quantitative estimate of drug-likeness (QED) is 0.375. The first-order chi connectivity index (χ1) is 7.50. The fourth-order valence-electron chi connectivity index (χ4n) is 0.963. The van der Waals surface area contributed by atoms with Gasteiger partial charge in [-0.1, -0.05) is 6.42 Å². The number of hydrogen-bond donors (Lipinski definition) is 0. The van der Waals surface area contributed by atoms with Gasteiger partial charge in [0, 0.05) is 0 Å². The Hall–Kier alpha value is 0.168. The van der Waals surface area contributed by atoms with Gasteiger partial charge in [-0.05, 0) is 64.2 Å².